The number of rotatable bonds is 6. The van der Waals surface area contributed by atoms with Gasteiger partial charge in [-0.2, -0.15) is 0 Å². The molecule has 1 heterocycles. The minimum absolute atomic E-state index is 0.266. The van der Waals surface area contributed by atoms with Crippen molar-refractivity contribution in [2.24, 2.45) is 5.84 Å². The zero-order valence-corrected chi connectivity index (χ0v) is 10.0. The average Bonchev–Trinajstić information content (AvgIpc) is 2.35. The summed E-state index contributed by atoms with van der Waals surface area (Å²) < 4.78 is 24.0. The number of alkyl halides is 2. The van der Waals surface area contributed by atoms with Crippen molar-refractivity contribution in [3.05, 3.63) is 23.4 Å². The van der Waals surface area contributed by atoms with Crippen molar-refractivity contribution in [2.45, 2.75) is 26.2 Å². The minimum Gasteiger partial charge on any atom is -0.346 e. The highest BCUT2D eigenvalue weighted by atomic mass is 19.3. The molecule has 5 nitrogen and oxygen atoms in total. The van der Waals surface area contributed by atoms with Crippen LogP contribution in [-0.2, 0) is 6.42 Å². The molecule has 0 radical (unpaired) electrons. The Bertz CT molecular complexity index is 412. The minimum atomic E-state index is -2.57. The Kier molecular flexibility index (Phi) is 5.44. The summed E-state index contributed by atoms with van der Waals surface area (Å²) in [7, 11) is 0. The van der Waals surface area contributed by atoms with Gasteiger partial charge in [-0.3, -0.25) is 4.79 Å². The second-order valence-corrected chi connectivity index (χ2v) is 3.73. The molecule has 1 rings (SSSR count). The van der Waals surface area contributed by atoms with Crippen LogP contribution in [0.1, 0.15) is 29.4 Å². The first kappa shape index (κ1) is 14.3. The second-order valence-electron chi connectivity index (χ2n) is 3.73. The molecule has 0 unspecified atom stereocenters. The summed E-state index contributed by atoms with van der Waals surface area (Å²) in [6.07, 6.45) is -1.03. The fraction of sp³-hybridized carbons (Fsp3) is 0.455. The number of amides is 1. The predicted molar refractivity (Wildman–Crippen MR) is 64.4 cm³/mol. The lowest BCUT2D eigenvalue weighted by molar-refractivity contribution is 0.0891. The quantitative estimate of drug-likeness (QED) is 0.531. The van der Waals surface area contributed by atoms with Crippen molar-refractivity contribution >= 4 is 11.7 Å². The molecule has 18 heavy (non-hydrogen) atoms. The van der Waals surface area contributed by atoms with Gasteiger partial charge in [0.25, 0.3) is 12.3 Å². The monoisotopic (exact) mass is 258 g/mol. The van der Waals surface area contributed by atoms with Crippen molar-refractivity contribution in [3.63, 3.8) is 0 Å². The van der Waals surface area contributed by atoms with Crippen molar-refractivity contribution in [3.8, 4) is 0 Å². The molecule has 0 aliphatic rings. The third-order valence-electron chi connectivity index (χ3n) is 2.21. The Balaban J connectivity index is 2.85. The van der Waals surface area contributed by atoms with Crippen LogP contribution in [0.3, 0.4) is 0 Å². The number of aromatic nitrogens is 1. The van der Waals surface area contributed by atoms with Crippen LogP contribution in [-0.4, -0.2) is 23.9 Å². The molecule has 100 valence electrons. The summed E-state index contributed by atoms with van der Waals surface area (Å²) >= 11 is 0. The maximum absolute atomic E-state index is 12.0. The van der Waals surface area contributed by atoms with E-state index >= 15 is 0 Å². The largest absolute Gasteiger partial charge is 0.346 e. The molecule has 0 spiro atoms. The number of nitrogens with zero attached hydrogens (tertiary/aromatic N) is 1. The molecule has 7 heteroatoms. The van der Waals surface area contributed by atoms with E-state index in [0.29, 0.717) is 17.9 Å². The van der Waals surface area contributed by atoms with E-state index < -0.39 is 18.9 Å². The van der Waals surface area contributed by atoms with Crippen molar-refractivity contribution < 1.29 is 13.6 Å². The lowest BCUT2D eigenvalue weighted by Crippen LogP contribution is -2.28. The fourth-order valence-corrected chi connectivity index (χ4v) is 1.45. The lowest BCUT2D eigenvalue weighted by Gasteiger charge is -2.08. The van der Waals surface area contributed by atoms with Crippen LogP contribution in [0, 0.1) is 0 Å². The first-order valence-corrected chi connectivity index (χ1v) is 5.60. The number of pyridine rings is 1. The van der Waals surface area contributed by atoms with Gasteiger partial charge in [-0.25, -0.2) is 19.6 Å². The van der Waals surface area contributed by atoms with E-state index in [1.807, 2.05) is 6.92 Å². The number of anilines is 1. The smallest absolute Gasteiger partial charge is 0.255 e. The van der Waals surface area contributed by atoms with E-state index in [2.05, 4.69) is 15.7 Å². The number of hydrogen-bond acceptors (Lipinski definition) is 4. The maximum Gasteiger partial charge on any atom is 0.255 e. The van der Waals surface area contributed by atoms with Crippen LogP contribution < -0.4 is 16.6 Å². The topological polar surface area (TPSA) is 80.0 Å². The molecular weight excluding hydrogens is 242 g/mol. The summed E-state index contributed by atoms with van der Waals surface area (Å²) in [5, 5.41) is 2.13. The zero-order chi connectivity index (χ0) is 13.5. The molecule has 0 atom stereocenters. The molecule has 0 saturated carbocycles. The van der Waals surface area contributed by atoms with Crippen molar-refractivity contribution in [1.29, 1.82) is 0 Å². The Morgan fingerprint density at radius 3 is 2.78 bits per heavy atom. The van der Waals surface area contributed by atoms with E-state index in [1.165, 1.54) is 6.07 Å². The van der Waals surface area contributed by atoms with E-state index in [9.17, 15) is 13.6 Å². The molecule has 0 saturated heterocycles. The van der Waals surface area contributed by atoms with Gasteiger partial charge in [-0.1, -0.05) is 13.3 Å². The molecule has 0 aliphatic carbocycles. The number of nitrogens with one attached hydrogen (secondary N) is 2. The van der Waals surface area contributed by atoms with Crippen LogP contribution >= 0.6 is 0 Å². The van der Waals surface area contributed by atoms with Crippen LogP contribution in [0.4, 0.5) is 14.6 Å². The molecule has 1 aromatic heterocycles. The van der Waals surface area contributed by atoms with Gasteiger partial charge in [0.1, 0.15) is 5.82 Å². The molecular formula is C11H16F2N4O. The summed E-state index contributed by atoms with van der Waals surface area (Å²) in [6.45, 7) is 1.30. The number of hydrogen-bond donors (Lipinski definition) is 3. The molecule has 1 amide bonds. The number of nitrogen functional groups attached to an aromatic ring is 1. The van der Waals surface area contributed by atoms with Gasteiger partial charge in [-0.15, -0.1) is 0 Å². The van der Waals surface area contributed by atoms with Gasteiger partial charge in [0.2, 0.25) is 0 Å². The molecule has 4 N–H and O–H groups in total. The number of nitrogens with two attached hydrogens (primary N) is 1. The normalized spacial score (nSPS) is 10.5. The Morgan fingerprint density at radius 1 is 1.50 bits per heavy atom. The molecule has 1 aromatic rings. The van der Waals surface area contributed by atoms with E-state index in [1.54, 1.807) is 6.07 Å². The first-order valence-electron chi connectivity index (χ1n) is 5.60. The van der Waals surface area contributed by atoms with Gasteiger partial charge in [-0.05, 0) is 18.6 Å². The van der Waals surface area contributed by atoms with Gasteiger partial charge in [0.05, 0.1) is 6.54 Å². The highest BCUT2D eigenvalue weighted by Crippen LogP contribution is 2.11. The highest BCUT2D eigenvalue weighted by molar-refractivity contribution is 5.95. The Hall–Kier alpha value is -1.76. The second kappa shape index (κ2) is 6.85. The predicted octanol–water partition coefficient (Wildman–Crippen LogP) is 1.31. The van der Waals surface area contributed by atoms with E-state index in [0.717, 1.165) is 6.42 Å². The summed E-state index contributed by atoms with van der Waals surface area (Å²) in [4.78, 5) is 15.8. The van der Waals surface area contributed by atoms with E-state index in [4.69, 9.17) is 5.84 Å². The van der Waals surface area contributed by atoms with Gasteiger partial charge in [0, 0.05) is 11.3 Å². The van der Waals surface area contributed by atoms with Crippen molar-refractivity contribution in [1.82, 2.24) is 10.3 Å². The van der Waals surface area contributed by atoms with Crippen LogP contribution in [0.5, 0.6) is 0 Å². The Morgan fingerprint density at radius 2 is 2.22 bits per heavy atom. The van der Waals surface area contributed by atoms with Crippen LogP contribution in [0.25, 0.3) is 0 Å². The summed E-state index contributed by atoms with van der Waals surface area (Å²) in [5.41, 5.74) is 3.30. The van der Waals surface area contributed by atoms with Gasteiger partial charge < -0.3 is 10.7 Å². The molecule has 0 fully saturated rings. The van der Waals surface area contributed by atoms with Crippen LogP contribution in [0.2, 0.25) is 0 Å². The fourth-order valence-electron chi connectivity index (χ4n) is 1.45. The average molecular weight is 258 g/mol. The van der Waals surface area contributed by atoms with Gasteiger partial charge in [0.15, 0.2) is 0 Å². The standard InChI is InChI=1S/C11H16F2N4O/c1-2-3-8-4-7(5-10(16-8)17-14)11(18)15-6-9(12)13/h4-5,9H,2-3,6,14H2,1H3,(H,15,18)(H,16,17). The third kappa shape index (κ3) is 4.25. The van der Waals surface area contributed by atoms with Crippen molar-refractivity contribution in [2.75, 3.05) is 12.0 Å². The first-order chi connectivity index (χ1) is 8.56. The number of carbonyl (C=O) groups is 1. The third-order valence-corrected chi connectivity index (χ3v) is 2.21. The maximum atomic E-state index is 12.0. The number of hydrazine groups is 1. The molecule has 0 bridgehead atoms. The molecule has 0 aliphatic heterocycles. The summed E-state index contributed by atoms with van der Waals surface area (Å²) in [6, 6.07) is 2.99. The van der Waals surface area contributed by atoms with Gasteiger partial charge >= 0.3 is 0 Å². The highest BCUT2D eigenvalue weighted by Gasteiger charge is 2.11. The molecule has 0 aromatic carbocycles. The lowest BCUT2D eigenvalue weighted by atomic mass is 10.1. The van der Waals surface area contributed by atoms with E-state index in [-0.39, 0.29) is 5.56 Å². The number of carbonyl (C=O) groups excluding carboxylic acids is 1. The number of halogens is 2. The summed E-state index contributed by atoms with van der Waals surface area (Å²) in [5.74, 6) is 5.01. The zero-order valence-electron chi connectivity index (χ0n) is 10.0. The van der Waals surface area contributed by atoms with Crippen LogP contribution in [0.15, 0.2) is 12.1 Å². The SMILES string of the molecule is CCCc1cc(C(=O)NCC(F)F)cc(NN)n1. The Labute approximate surface area is 104 Å². The number of aryl methyl sites for hydroxylation is 1.